The van der Waals surface area contributed by atoms with Crippen molar-refractivity contribution in [3.63, 3.8) is 0 Å². The molecule has 1 aromatic heterocycles. The van der Waals surface area contributed by atoms with E-state index in [1.54, 1.807) is 6.26 Å². The zero-order valence-corrected chi connectivity index (χ0v) is 10.9. The van der Waals surface area contributed by atoms with E-state index in [2.05, 4.69) is 20.8 Å². The van der Waals surface area contributed by atoms with Crippen LogP contribution in [0.3, 0.4) is 0 Å². The number of hydrogen-bond donors (Lipinski definition) is 0. The second-order valence-electron chi connectivity index (χ2n) is 2.84. The van der Waals surface area contributed by atoms with E-state index in [9.17, 15) is 0 Å². The molecule has 0 fully saturated rings. The molecule has 0 N–H and O–H groups in total. The normalized spacial score (nSPS) is 8.33. The number of hydrogen-bond acceptors (Lipinski definition) is 2. The highest BCUT2D eigenvalue weighted by Crippen LogP contribution is 2.01. The van der Waals surface area contributed by atoms with Gasteiger partial charge in [-0.05, 0) is 18.6 Å². The summed E-state index contributed by atoms with van der Waals surface area (Å²) >= 11 is 0. The van der Waals surface area contributed by atoms with Crippen molar-refractivity contribution in [2.24, 2.45) is 0 Å². The van der Waals surface area contributed by atoms with Gasteiger partial charge in [-0.15, -0.1) is 0 Å². The summed E-state index contributed by atoms with van der Waals surface area (Å²) in [6.45, 7) is 11.7. The molecule has 0 radical (unpaired) electrons. The molecule has 1 rings (SSSR count). The van der Waals surface area contributed by atoms with Crippen LogP contribution in [-0.4, -0.2) is 6.61 Å². The largest absolute Gasteiger partial charge is 0.467 e. The Bertz CT molecular complexity index is 169. The first kappa shape index (κ1) is 16.7. The third-order valence-electron chi connectivity index (χ3n) is 1.17. The Balaban J connectivity index is 0. The maximum absolute atomic E-state index is 5.23. The number of furan rings is 1. The van der Waals surface area contributed by atoms with E-state index in [-0.39, 0.29) is 0 Å². The zero-order valence-electron chi connectivity index (χ0n) is 10.9. The van der Waals surface area contributed by atoms with Crippen LogP contribution in [0.15, 0.2) is 22.8 Å². The standard InChI is InChI=1S/C8H12O2.C3H8.C2H6/c1-2-5-9-7-8-4-3-6-10-8;1-3-2;1-2/h3-4,6H,2,5,7H2,1H3;3H2,1-2H3;1-2H3. The molecule has 0 bridgehead atoms. The molecule has 1 aromatic rings. The molecule has 90 valence electrons. The summed E-state index contributed by atoms with van der Waals surface area (Å²) in [5.74, 6) is 0.897. The van der Waals surface area contributed by atoms with Crippen molar-refractivity contribution in [2.75, 3.05) is 6.61 Å². The summed E-state index contributed by atoms with van der Waals surface area (Å²) in [4.78, 5) is 0. The van der Waals surface area contributed by atoms with E-state index in [0.29, 0.717) is 6.61 Å². The van der Waals surface area contributed by atoms with Crippen LogP contribution in [0.1, 0.15) is 53.2 Å². The van der Waals surface area contributed by atoms with Crippen molar-refractivity contribution >= 4 is 0 Å². The Kier molecular flexibility index (Phi) is 17.4. The molecule has 0 unspecified atom stereocenters. The SMILES string of the molecule is CC.CCC.CCCOCc1ccco1. The highest BCUT2D eigenvalue weighted by atomic mass is 16.5. The van der Waals surface area contributed by atoms with Gasteiger partial charge >= 0.3 is 0 Å². The second kappa shape index (κ2) is 15.7. The first-order valence-corrected chi connectivity index (χ1v) is 5.95. The molecule has 0 atom stereocenters. The number of rotatable bonds is 4. The van der Waals surface area contributed by atoms with Crippen LogP contribution in [0.5, 0.6) is 0 Å². The first-order chi connectivity index (χ1) is 7.35. The van der Waals surface area contributed by atoms with E-state index < -0.39 is 0 Å². The molecule has 2 heteroatoms. The van der Waals surface area contributed by atoms with Gasteiger partial charge in [-0.25, -0.2) is 0 Å². The van der Waals surface area contributed by atoms with Crippen LogP contribution < -0.4 is 0 Å². The van der Waals surface area contributed by atoms with Gasteiger partial charge in [0.15, 0.2) is 0 Å². The fourth-order valence-corrected chi connectivity index (χ4v) is 0.712. The Morgan fingerprint density at radius 1 is 1.20 bits per heavy atom. The highest BCUT2D eigenvalue weighted by molar-refractivity contribution is 4.95. The third-order valence-corrected chi connectivity index (χ3v) is 1.17. The lowest BCUT2D eigenvalue weighted by Crippen LogP contribution is -1.91. The monoisotopic (exact) mass is 214 g/mol. The minimum absolute atomic E-state index is 0.598. The molecule has 2 nitrogen and oxygen atoms in total. The van der Waals surface area contributed by atoms with Gasteiger partial charge in [0.2, 0.25) is 0 Å². The van der Waals surface area contributed by atoms with Crippen LogP contribution >= 0.6 is 0 Å². The van der Waals surface area contributed by atoms with Gasteiger partial charge in [0.05, 0.1) is 6.26 Å². The summed E-state index contributed by atoms with van der Waals surface area (Å²) in [5, 5.41) is 0. The topological polar surface area (TPSA) is 22.4 Å². The predicted octanol–water partition coefficient (Wildman–Crippen LogP) is 4.65. The average molecular weight is 214 g/mol. The molecular weight excluding hydrogens is 188 g/mol. The molecule has 0 amide bonds. The Morgan fingerprint density at radius 3 is 2.20 bits per heavy atom. The molecular formula is C13H26O2. The predicted molar refractivity (Wildman–Crippen MR) is 66.0 cm³/mol. The van der Waals surface area contributed by atoms with Gasteiger partial charge in [-0.3, -0.25) is 0 Å². The van der Waals surface area contributed by atoms with E-state index in [1.807, 2.05) is 26.0 Å². The lowest BCUT2D eigenvalue weighted by Gasteiger charge is -1.96. The minimum atomic E-state index is 0.598. The van der Waals surface area contributed by atoms with Crippen LogP contribution in [0.2, 0.25) is 0 Å². The molecule has 1 heterocycles. The fraction of sp³-hybridized carbons (Fsp3) is 0.692. The van der Waals surface area contributed by atoms with Gasteiger partial charge in [0.1, 0.15) is 12.4 Å². The highest BCUT2D eigenvalue weighted by Gasteiger charge is 1.92. The van der Waals surface area contributed by atoms with Gasteiger partial charge < -0.3 is 9.15 Å². The molecule has 0 saturated carbocycles. The van der Waals surface area contributed by atoms with Gasteiger partial charge in [0.25, 0.3) is 0 Å². The summed E-state index contributed by atoms with van der Waals surface area (Å²) in [7, 11) is 0. The lowest BCUT2D eigenvalue weighted by atomic mass is 10.5. The van der Waals surface area contributed by atoms with Crippen molar-refractivity contribution in [3.05, 3.63) is 24.2 Å². The lowest BCUT2D eigenvalue weighted by molar-refractivity contribution is 0.107. The molecule has 0 aliphatic heterocycles. The summed E-state index contributed by atoms with van der Waals surface area (Å²) in [5.41, 5.74) is 0. The van der Waals surface area contributed by atoms with E-state index in [0.717, 1.165) is 18.8 Å². The first-order valence-electron chi connectivity index (χ1n) is 5.95. The molecule has 0 aromatic carbocycles. The fourth-order valence-electron chi connectivity index (χ4n) is 0.712. The van der Waals surface area contributed by atoms with Crippen molar-refractivity contribution in [2.45, 2.75) is 54.1 Å². The molecule has 0 saturated heterocycles. The van der Waals surface area contributed by atoms with E-state index in [4.69, 9.17) is 9.15 Å². The van der Waals surface area contributed by atoms with Crippen molar-refractivity contribution < 1.29 is 9.15 Å². The van der Waals surface area contributed by atoms with Crippen LogP contribution in [-0.2, 0) is 11.3 Å². The second-order valence-corrected chi connectivity index (χ2v) is 2.84. The van der Waals surface area contributed by atoms with E-state index in [1.165, 1.54) is 6.42 Å². The molecule has 0 aliphatic rings. The molecule has 0 spiro atoms. The van der Waals surface area contributed by atoms with Gasteiger partial charge in [-0.2, -0.15) is 0 Å². The van der Waals surface area contributed by atoms with Crippen LogP contribution in [0.25, 0.3) is 0 Å². The van der Waals surface area contributed by atoms with Crippen molar-refractivity contribution in [3.8, 4) is 0 Å². The van der Waals surface area contributed by atoms with E-state index >= 15 is 0 Å². The quantitative estimate of drug-likeness (QED) is 0.681. The average Bonchev–Trinajstić information content (AvgIpc) is 2.75. The van der Waals surface area contributed by atoms with Gasteiger partial charge in [-0.1, -0.05) is 41.0 Å². The molecule has 15 heavy (non-hydrogen) atoms. The summed E-state index contributed by atoms with van der Waals surface area (Å²) in [6, 6.07) is 3.78. The van der Waals surface area contributed by atoms with Crippen LogP contribution in [0, 0.1) is 0 Å². The Hall–Kier alpha value is -0.760. The summed E-state index contributed by atoms with van der Waals surface area (Å²) in [6.07, 6.45) is 3.96. The van der Waals surface area contributed by atoms with Crippen LogP contribution in [0.4, 0.5) is 0 Å². The summed E-state index contributed by atoms with van der Waals surface area (Å²) < 4.78 is 10.3. The number of ether oxygens (including phenoxy) is 1. The Labute approximate surface area is 94.6 Å². The molecule has 0 aliphatic carbocycles. The zero-order chi connectivity index (χ0) is 11.9. The Morgan fingerprint density at radius 2 is 1.80 bits per heavy atom. The maximum Gasteiger partial charge on any atom is 0.129 e. The maximum atomic E-state index is 5.23. The minimum Gasteiger partial charge on any atom is -0.467 e. The van der Waals surface area contributed by atoms with Crippen molar-refractivity contribution in [1.29, 1.82) is 0 Å². The van der Waals surface area contributed by atoms with Crippen molar-refractivity contribution in [1.82, 2.24) is 0 Å². The smallest absolute Gasteiger partial charge is 0.129 e. The third kappa shape index (κ3) is 13.2. The van der Waals surface area contributed by atoms with Gasteiger partial charge in [0, 0.05) is 6.61 Å².